The first-order chi connectivity index (χ1) is 18.1. The maximum Gasteiger partial charge on any atom is 0.252 e. The monoisotopic (exact) mass is 496 g/mol. The first kappa shape index (κ1) is 24.6. The van der Waals surface area contributed by atoms with Gasteiger partial charge in [-0.3, -0.25) is 9.69 Å². The first-order valence-corrected chi connectivity index (χ1v) is 12.8. The van der Waals surface area contributed by atoms with Crippen LogP contribution in [0.3, 0.4) is 0 Å². The van der Waals surface area contributed by atoms with Gasteiger partial charge >= 0.3 is 0 Å². The van der Waals surface area contributed by atoms with Gasteiger partial charge in [0.05, 0.1) is 18.8 Å². The standard InChI is InChI=1S/C29H32N6O2/c1-3-8-27(28-31-32-33-35(28)15-14-22-9-5-4-6-10-22)34(20-25-11-7-16-37-25)19-24-18-23-13-12-21(2)17-26(23)30-29(24)36/h4-7,9-13,16-18,27H,3,8,14-15,19-20H2,1-2H3,(H,30,36)/t27-/m1/s1. The predicted octanol–water partition coefficient (Wildman–Crippen LogP) is 5.20. The predicted molar refractivity (Wildman–Crippen MR) is 143 cm³/mol. The summed E-state index contributed by atoms with van der Waals surface area (Å²) < 4.78 is 7.61. The molecule has 8 heteroatoms. The zero-order chi connectivity index (χ0) is 25.6. The number of benzene rings is 2. The van der Waals surface area contributed by atoms with Crippen LogP contribution in [0.5, 0.6) is 0 Å². The molecule has 190 valence electrons. The van der Waals surface area contributed by atoms with Gasteiger partial charge in [-0.25, -0.2) is 4.68 Å². The summed E-state index contributed by atoms with van der Waals surface area (Å²) in [4.78, 5) is 18.4. The number of nitrogens with one attached hydrogen (secondary N) is 1. The Kier molecular flexibility index (Phi) is 7.56. The van der Waals surface area contributed by atoms with Crippen LogP contribution in [-0.4, -0.2) is 30.1 Å². The van der Waals surface area contributed by atoms with Crippen LogP contribution in [0, 0.1) is 6.92 Å². The van der Waals surface area contributed by atoms with Crippen LogP contribution >= 0.6 is 0 Å². The highest BCUT2D eigenvalue weighted by Gasteiger charge is 2.27. The van der Waals surface area contributed by atoms with Gasteiger partial charge in [-0.2, -0.15) is 0 Å². The molecule has 0 saturated carbocycles. The lowest BCUT2D eigenvalue weighted by atomic mass is 10.1. The molecule has 0 amide bonds. The van der Waals surface area contributed by atoms with Crippen molar-refractivity contribution in [3.63, 3.8) is 0 Å². The summed E-state index contributed by atoms with van der Waals surface area (Å²) in [6.45, 7) is 5.83. The smallest absolute Gasteiger partial charge is 0.252 e. The highest BCUT2D eigenvalue weighted by Crippen LogP contribution is 2.28. The Balaban J connectivity index is 1.47. The van der Waals surface area contributed by atoms with Crippen molar-refractivity contribution < 1.29 is 4.42 Å². The molecule has 2 aromatic carbocycles. The van der Waals surface area contributed by atoms with Crippen LogP contribution < -0.4 is 5.56 Å². The first-order valence-electron chi connectivity index (χ1n) is 12.8. The van der Waals surface area contributed by atoms with E-state index in [1.54, 1.807) is 6.26 Å². The fourth-order valence-corrected chi connectivity index (χ4v) is 4.81. The fraction of sp³-hybridized carbons (Fsp3) is 0.310. The number of hydrogen-bond donors (Lipinski definition) is 1. The highest BCUT2D eigenvalue weighted by molar-refractivity contribution is 5.79. The molecule has 0 aliphatic rings. The number of rotatable bonds is 11. The lowest BCUT2D eigenvalue weighted by Gasteiger charge is -2.30. The number of fused-ring (bicyclic) bond motifs is 1. The zero-order valence-electron chi connectivity index (χ0n) is 21.3. The average Bonchev–Trinajstić information content (AvgIpc) is 3.59. The molecule has 3 aromatic heterocycles. The Labute approximate surface area is 215 Å². The quantitative estimate of drug-likeness (QED) is 0.270. The summed E-state index contributed by atoms with van der Waals surface area (Å²) in [6, 6.07) is 22.2. The third-order valence-electron chi connectivity index (χ3n) is 6.71. The number of aryl methyl sites for hydroxylation is 3. The lowest BCUT2D eigenvalue weighted by molar-refractivity contribution is 0.144. The van der Waals surface area contributed by atoms with E-state index in [4.69, 9.17) is 4.42 Å². The van der Waals surface area contributed by atoms with Crippen LogP contribution in [0.4, 0.5) is 0 Å². The fourth-order valence-electron chi connectivity index (χ4n) is 4.81. The van der Waals surface area contributed by atoms with E-state index in [2.05, 4.69) is 56.6 Å². The van der Waals surface area contributed by atoms with Crippen molar-refractivity contribution in [2.45, 2.75) is 58.8 Å². The molecule has 0 saturated heterocycles. The number of furan rings is 1. The second kappa shape index (κ2) is 11.3. The lowest BCUT2D eigenvalue weighted by Crippen LogP contribution is -2.32. The summed E-state index contributed by atoms with van der Waals surface area (Å²) in [5.41, 5.74) is 3.82. The van der Waals surface area contributed by atoms with Crippen molar-refractivity contribution in [3.05, 3.63) is 112 Å². The van der Waals surface area contributed by atoms with Gasteiger partial charge in [0.15, 0.2) is 5.82 Å². The van der Waals surface area contributed by atoms with E-state index in [9.17, 15) is 4.79 Å². The van der Waals surface area contributed by atoms with Gasteiger partial charge in [0.1, 0.15) is 5.76 Å². The van der Waals surface area contributed by atoms with E-state index in [0.29, 0.717) is 25.2 Å². The number of tetrazole rings is 1. The third-order valence-corrected chi connectivity index (χ3v) is 6.71. The van der Waals surface area contributed by atoms with E-state index in [0.717, 1.165) is 47.3 Å². The number of hydrogen-bond acceptors (Lipinski definition) is 6. The molecule has 3 heterocycles. The van der Waals surface area contributed by atoms with E-state index in [-0.39, 0.29) is 11.6 Å². The summed E-state index contributed by atoms with van der Waals surface area (Å²) >= 11 is 0. The molecule has 0 bridgehead atoms. The van der Waals surface area contributed by atoms with Crippen molar-refractivity contribution in [2.75, 3.05) is 0 Å². The van der Waals surface area contributed by atoms with Crippen LogP contribution in [0.1, 0.15) is 54.1 Å². The van der Waals surface area contributed by atoms with Crippen molar-refractivity contribution >= 4 is 10.9 Å². The molecule has 0 aliphatic heterocycles. The van der Waals surface area contributed by atoms with Gasteiger partial charge in [0, 0.05) is 24.2 Å². The van der Waals surface area contributed by atoms with Crippen molar-refractivity contribution in [2.24, 2.45) is 0 Å². The number of pyridine rings is 1. The number of H-pyrrole nitrogens is 1. The van der Waals surface area contributed by atoms with Gasteiger partial charge in [0.2, 0.25) is 0 Å². The van der Waals surface area contributed by atoms with E-state index in [1.807, 2.05) is 54.1 Å². The number of aromatic nitrogens is 5. The molecular formula is C29H32N6O2. The zero-order valence-corrected chi connectivity index (χ0v) is 21.3. The number of nitrogens with zero attached hydrogens (tertiary/aromatic N) is 5. The molecule has 37 heavy (non-hydrogen) atoms. The molecule has 0 radical (unpaired) electrons. The third kappa shape index (κ3) is 5.86. The van der Waals surface area contributed by atoms with E-state index >= 15 is 0 Å². The van der Waals surface area contributed by atoms with Gasteiger partial charge in [-0.05, 0) is 71.0 Å². The minimum absolute atomic E-state index is 0.0820. The molecule has 0 unspecified atom stereocenters. The van der Waals surface area contributed by atoms with Crippen LogP contribution in [0.15, 0.2) is 82.2 Å². The van der Waals surface area contributed by atoms with Crippen molar-refractivity contribution in [1.29, 1.82) is 0 Å². The van der Waals surface area contributed by atoms with Gasteiger partial charge < -0.3 is 9.40 Å². The molecular weight excluding hydrogens is 464 g/mol. The molecule has 0 fully saturated rings. The Morgan fingerprint density at radius 1 is 1.05 bits per heavy atom. The minimum Gasteiger partial charge on any atom is -0.468 e. The summed E-state index contributed by atoms with van der Waals surface area (Å²) in [5.74, 6) is 1.63. The summed E-state index contributed by atoms with van der Waals surface area (Å²) in [6.07, 6.45) is 4.30. The minimum atomic E-state index is -0.0889. The Morgan fingerprint density at radius 3 is 2.70 bits per heavy atom. The number of aromatic amines is 1. The second-order valence-electron chi connectivity index (χ2n) is 9.50. The Bertz CT molecular complexity index is 1490. The highest BCUT2D eigenvalue weighted by atomic mass is 16.3. The topological polar surface area (TPSA) is 92.8 Å². The van der Waals surface area contributed by atoms with E-state index < -0.39 is 0 Å². The van der Waals surface area contributed by atoms with E-state index in [1.165, 1.54) is 5.56 Å². The molecule has 1 N–H and O–H groups in total. The van der Waals surface area contributed by atoms with Gasteiger partial charge in [0.25, 0.3) is 5.56 Å². The summed E-state index contributed by atoms with van der Waals surface area (Å²) in [5, 5.41) is 13.8. The maximum absolute atomic E-state index is 13.1. The van der Waals surface area contributed by atoms with Gasteiger partial charge in [-0.1, -0.05) is 55.8 Å². The molecule has 0 aliphatic carbocycles. The average molecular weight is 497 g/mol. The van der Waals surface area contributed by atoms with Crippen molar-refractivity contribution in [3.8, 4) is 0 Å². The maximum atomic E-state index is 13.1. The molecule has 5 rings (SSSR count). The normalized spacial score (nSPS) is 12.4. The Hall–Kier alpha value is -4.04. The SMILES string of the molecule is CCC[C@H](c1nnnn1CCc1ccccc1)N(Cc1ccco1)Cc1cc2ccc(C)cc2[nH]c1=O. The van der Waals surface area contributed by atoms with Gasteiger partial charge in [-0.15, -0.1) is 5.10 Å². The molecule has 8 nitrogen and oxygen atoms in total. The van der Waals surface area contributed by atoms with Crippen LogP contribution in [0.2, 0.25) is 0 Å². The summed E-state index contributed by atoms with van der Waals surface area (Å²) in [7, 11) is 0. The molecule has 0 spiro atoms. The van der Waals surface area contributed by atoms with Crippen LogP contribution in [-0.2, 0) is 26.1 Å². The Morgan fingerprint density at radius 2 is 1.92 bits per heavy atom. The molecule has 1 atom stereocenters. The molecule has 5 aromatic rings. The second-order valence-corrected chi connectivity index (χ2v) is 9.50. The van der Waals surface area contributed by atoms with Crippen molar-refractivity contribution in [1.82, 2.24) is 30.1 Å². The van der Waals surface area contributed by atoms with Crippen LogP contribution in [0.25, 0.3) is 10.9 Å². The largest absolute Gasteiger partial charge is 0.468 e.